The van der Waals surface area contributed by atoms with Crippen LogP contribution in [0, 0.1) is 12.7 Å². The molecule has 6 nitrogen and oxygen atoms in total. The minimum absolute atomic E-state index is 0.118. The molecule has 0 aliphatic heterocycles. The molecule has 0 unspecified atom stereocenters. The summed E-state index contributed by atoms with van der Waals surface area (Å²) in [5, 5.41) is 12.8. The summed E-state index contributed by atoms with van der Waals surface area (Å²) in [7, 11) is 1.54. The van der Waals surface area contributed by atoms with E-state index in [0.717, 1.165) is 0 Å². The minimum Gasteiger partial charge on any atom is -0.481 e. The van der Waals surface area contributed by atoms with Crippen LogP contribution in [0.15, 0.2) is 30.5 Å². The van der Waals surface area contributed by atoms with Gasteiger partial charge in [0, 0.05) is 13.6 Å². The van der Waals surface area contributed by atoms with Crippen LogP contribution in [0.4, 0.5) is 4.39 Å². The molecule has 0 aliphatic carbocycles. The number of nitrogens with zero attached hydrogens (tertiary/aromatic N) is 3. The molecule has 0 saturated carbocycles. The highest BCUT2D eigenvalue weighted by atomic mass is 19.1. The van der Waals surface area contributed by atoms with E-state index in [1.54, 1.807) is 26.1 Å². The van der Waals surface area contributed by atoms with Crippen LogP contribution < -0.4 is 0 Å². The van der Waals surface area contributed by atoms with Crippen LogP contribution in [0.25, 0.3) is 5.69 Å². The summed E-state index contributed by atoms with van der Waals surface area (Å²) in [5.74, 6) is -1.61. The number of aliphatic carboxylic acids is 1. The Bertz CT molecular complexity index is 695. The minimum atomic E-state index is -0.960. The standard InChI is InChI=1S/C15H16FN3O3/c1-10-13(15(22)18(2)8-7-14(20)21)9-17-19(10)12-5-3-11(16)4-6-12/h3-6,9H,7-8H2,1-2H3,(H,20,21). The number of hydrogen-bond acceptors (Lipinski definition) is 3. The van der Waals surface area contributed by atoms with Crippen molar-refractivity contribution in [1.82, 2.24) is 14.7 Å². The van der Waals surface area contributed by atoms with Gasteiger partial charge in [0.25, 0.3) is 5.91 Å². The first-order valence-corrected chi connectivity index (χ1v) is 6.68. The number of carboxylic acids is 1. The Morgan fingerprint density at radius 1 is 1.32 bits per heavy atom. The summed E-state index contributed by atoms with van der Waals surface area (Å²) in [6.07, 6.45) is 1.31. The molecule has 1 amide bonds. The summed E-state index contributed by atoms with van der Waals surface area (Å²) in [6, 6.07) is 5.77. The molecular weight excluding hydrogens is 289 g/mol. The number of benzene rings is 1. The van der Waals surface area contributed by atoms with E-state index < -0.39 is 5.97 Å². The first kappa shape index (κ1) is 15.7. The van der Waals surface area contributed by atoms with E-state index in [2.05, 4.69) is 5.10 Å². The van der Waals surface area contributed by atoms with Gasteiger partial charge in [0.2, 0.25) is 0 Å². The molecule has 0 aliphatic rings. The van der Waals surface area contributed by atoms with Crippen molar-refractivity contribution in [2.24, 2.45) is 0 Å². The fourth-order valence-corrected chi connectivity index (χ4v) is 2.03. The summed E-state index contributed by atoms with van der Waals surface area (Å²) in [5.41, 5.74) is 1.64. The highest BCUT2D eigenvalue weighted by Gasteiger charge is 2.19. The van der Waals surface area contributed by atoms with Crippen molar-refractivity contribution in [3.63, 3.8) is 0 Å². The zero-order valence-electron chi connectivity index (χ0n) is 12.3. The molecule has 0 bridgehead atoms. The van der Waals surface area contributed by atoms with Crippen molar-refractivity contribution in [2.45, 2.75) is 13.3 Å². The molecule has 1 aromatic heterocycles. The Balaban J connectivity index is 2.21. The maximum Gasteiger partial charge on any atom is 0.305 e. The number of hydrogen-bond donors (Lipinski definition) is 1. The van der Waals surface area contributed by atoms with Gasteiger partial charge in [0.05, 0.1) is 29.6 Å². The lowest BCUT2D eigenvalue weighted by Gasteiger charge is -2.15. The molecule has 7 heteroatoms. The van der Waals surface area contributed by atoms with E-state index in [-0.39, 0.29) is 24.7 Å². The Labute approximate surface area is 126 Å². The van der Waals surface area contributed by atoms with Crippen molar-refractivity contribution in [3.8, 4) is 5.69 Å². The van der Waals surface area contributed by atoms with Gasteiger partial charge in [-0.15, -0.1) is 0 Å². The largest absolute Gasteiger partial charge is 0.481 e. The normalized spacial score (nSPS) is 10.5. The van der Waals surface area contributed by atoms with Crippen molar-refractivity contribution in [2.75, 3.05) is 13.6 Å². The van der Waals surface area contributed by atoms with E-state index in [1.807, 2.05) is 0 Å². The second kappa shape index (κ2) is 6.38. The Kier molecular flexibility index (Phi) is 4.55. The molecule has 0 radical (unpaired) electrons. The third-order valence-corrected chi connectivity index (χ3v) is 3.32. The van der Waals surface area contributed by atoms with Gasteiger partial charge in [0.15, 0.2) is 0 Å². The lowest BCUT2D eigenvalue weighted by atomic mass is 10.2. The first-order valence-electron chi connectivity index (χ1n) is 6.68. The summed E-state index contributed by atoms with van der Waals surface area (Å²) < 4.78 is 14.5. The fourth-order valence-electron chi connectivity index (χ4n) is 2.03. The number of amides is 1. The predicted molar refractivity (Wildman–Crippen MR) is 77.5 cm³/mol. The average Bonchev–Trinajstić information content (AvgIpc) is 2.86. The third-order valence-electron chi connectivity index (χ3n) is 3.32. The summed E-state index contributed by atoms with van der Waals surface area (Å²) in [6.45, 7) is 1.85. The molecule has 2 aromatic rings. The average molecular weight is 305 g/mol. The molecule has 22 heavy (non-hydrogen) atoms. The first-order chi connectivity index (χ1) is 10.4. The molecule has 0 spiro atoms. The van der Waals surface area contributed by atoms with Gasteiger partial charge in [-0.1, -0.05) is 0 Å². The lowest BCUT2D eigenvalue weighted by molar-refractivity contribution is -0.137. The van der Waals surface area contributed by atoms with Gasteiger partial charge in [0.1, 0.15) is 5.82 Å². The van der Waals surface area contributed by atoms with Crippen LogP contribution in [-0.2, 0) is 4.79 Å². The number of rotatable bonds is 5. The Morgan fingerprint density at radius 3 is 2.55 bits per heavy atom. The number of carbonyl (C=O) groups excluding carboxylic acids is 1. The highest BCUT2D eigenvalue weighted by molar-refractivity contribution is 5.95. The smallest absolute Gasteiger partial charge is 0.305 e. The van der Waals surface area contributed by atoms with E-state index in [0.29, 0.717) is 16.9 Å². The summed E-state index contributed by atoms with van der Waals surface area (Å²) in [4.78, 5) is 24.2. The van der Waals surface area contributed by atoms with Crippen LogP contribution in [0.1, 0.15) is 22.5 Å². The van der Waals surface area contributed by atoms with Gasteiger partial charge >= 0.3 is 5.97 Å². The van der Waals surface area contributed by atoms with Gasteiger partial charge in [-0.25, -0.2) is 9.07 Å². The lowest BCUT2D eigenvalue weighted by Crippen LogP contribution is -2.29. The monoisotopic (exact) mass is 305 g/mol. The molecule has 0 saturated heterocycles. The SMILES string of the molecule is Cc1c(C(=O)N(C)CCC(=O)O)cnn1-c1ccc(F)cc1. The van der Waals surface area contributed by atoms with Crippen LogP contribution in [0.2, 0.25) is 0 Å². The maximum atomic E-state index is 13.0. The second-order valence-electron chi connectivity index (χ2n) is 4.90. The quantitative estimate of drug-likeness (QED) is 0.915. The summed E-state index contributed by atoms with van der Waals surface area (Å²) >= 11 is 0. The zero-order chi connectivity index (χ0) is 16.3. The number of aromatic nitrogens is 2. The van der Waals surface area contributed by atoms with Crippen molar-refractivity contribution in [3.05, 3.63) is 47.5 Å². The Morgan fingerprint density at radius 2 is 1.95 bits per heavy atom. The van der Waals surface area contributed by atoms with E-state index in [1.165, 1.54) is 27.9 Å². The number of halogens is 1. The van der Waals surface area contributed by atoms with Crippen LogP contribution in [-0.4, -0.2) is 45.3 Å². The second-order valence-corrected chi connectivity index (χ2v) is 4.90. The molecule has 0 fully saturated rings. The molecule has 0 atom stereocenters. The van der Waals surface area contributed by atoms with Gasteiger partial charge in [-0.05, 0) is 31.2 Å². The van der Waals surface area contributed by atoms with Crippen LogP contribution in [0.5, 0.6) is 0 Å². The zero-order valence-corrected chi connectivity index (χ0v) is 12.3. The number of carboxylic acid groups (broad SMARTS) is 1. The van der Waals surface area contributed by atoms with E-state index in [4.69, 9.17) is 5.11 Å². The molecule has 116 valence electrons. The maximum absolute atomic E-state index is 13.0. The van der Waals surface area contributed by atoms with Gasteiger partial charge in [-0.3, -0.25) is 9.59 Å². The van der Waals surface area contributed by atoms with Crippen LogP contribution in [0.3, 0.4) is 0 Å². The molecule has 1 N–H and O–H groups in total. The highest BCUT2D eigenvalue weighted by Crippen LogP contribution is 2.16. The van der Waals surface area contributed by atoms with Crippen LogP contribution >= 0.6 is 0 Å². The van der Waals surface area contributed by atoms with Gasteiger partial charge in [-0.2, -0.15) is 5.10 Å². The van der Waals surface area contributed by atoms with E-state index in [9.17, 15) is 14.0 Å². The van der Waals surface area contributed by atoms with Crippen molar-refractivity contribution < 1.29 is 19.1 Å². The predicted octanol–water partition coefficient (Wildman–Crippen LogP) is 1.87. The molecule has 2 rings (SSSR count). The third kappa shape index (κ3) is 3.30. The van der Waals surface area contributed by atoms with Crippen molar-refractivity contribution in [1.29, 1.82) is 0 Å². The van der Waals surface area contributed by atoms with Crippen molar-refractivity contribution >= 4 is 11.9 Å². The topological polar surface area (TPSA) is 75.4 Å². The molecular formula is C15H16FN3O3. The van der Waals surface area contributed by atoms with Gasteiger partial charge < -0.3 is 10.0 Å². The number of carbonyl (C=O) groups is 2. The fraction of sp³-hybridized carbons (Fsp3) is 0.267. The molecule has 1 aromatic carbocycles. The Hall–Kier alpha value is -2.70. The molecule has 1 heterocycles. The van der Waals surface area contributed by atoms with E-state index >= 15 is 0 Å².